The molecule has 0 saturated carbocycles. The van der Waals surface area contributed by atoms with Gasteiger partial charge in [-0.15, -0.1) is 11.3 Å². The number of carbonyl (C=O) groups is 1. The number of hydrogen-bond donors (Lipinski definition) is 0. The van der Waals surface area contributed by atoms with E-state index in [0.717, 1.165) is 14.9 Å². The zero-order chi connectivity index (χ0) is 14.0. The van der Waals surface area contributed by atoms with Crippen LogP contribution in [0.15, 0.2) is 30.3 Å². The largest absolute Gasteiger partial charge is 0.369 e. The molecule has 100 valence electrons. The topological polar surface area (TPSA) is 20.3 Å². The first-order valence-corrected chi connectivity index (χ1v) is 6.92. The van der Waals surface area contributed by atoms with Crippen LogP contribution in [-0.2, 0) is 6.54 Å². The molecule has 2 rings (SSSR count). The van der Waals surface area contributed by atoms with Crippen LogP contribution in [0.5, 0.6) is 0 Å². The minimum Gasteiger partial charge on any atom is -0.369 e. The number of rotatable bonds is 4. The van der Waals surface area contributed by atoms with E-state index in [0.29, 0.717) is 12.1 Å². The van der Waals surface area contributed by atoms with Crippen molar-refractivity contribution < 1.29 is 9.18 Å². The van der Waals surface area contributed by atoms with E-state index >= 15 is 0 Å². The lowest BCUT2D eigenvalue weighted by molar-refractivity contribution is 0.101. The molecular formula is C14H13ClFNOS. The zero-order valence-corrected chi connectivity index (χ0v) is 12.2. The standard InChI is InChI=1S/C14H13ClFNOS/c1-9(18)12-7-10(16)3-5-13(12)17(2)8-11-4-6-14(15)19-11/h3-7H,8H2,1-2H3. The number of benzene rings is 1. The van der Waals surface area contributed by atoms with E-state index in [4.69, 9.17) is 11.6 Å². The fraction of sp³-hybridized carbons (Fsp3) is 0.214. The molecule has 0 aliphatic carbocycles. The Hall–Kier alpha value is -1.39. The van der Waals surface area contributed by atoms with Crippen molar-refractivity contribution in [1.29, 1.82) is 0 Å². The molecule has 5 heteroatoms. The van der Waals surface area contributed by atoms with E-state index in [-0.39, 0.29) is 5.78 Å². The van der Waals surface area contributed by atoms with Crippen LogP contribution in [0.2, 0.25) is 4.34 Å². The summed E-state index contributed by atoms with van der Waals surface area (Å²) in [4.78, 5) is 14.6. The van der Waals surface area contributed by atoms with E-state index in [1.54, 1.807) is 6.07 Å². The second-order valence-electron chi connectivity index (χ2n) is 4.28. The van der Waals surface area contributed by atoms with Gasteiger partial charge in [0.1, 0.15) is 5.82 Å². The van der Waals surface area contributed by atoms with Crippen molar-refractivity contribution in [1.82, 2.24) is 0 Å². The van der Waals surface area contributed by atoms with Crippen LogP contribution in [0.1, 0.15) is 22.2 Å². The van der Waals surface area contributed by atoms with Crippen molar-refractivity contribution in [2.75, 3.05) is 11.9 Å². The van der Waals surface area contributed by atoms with Crippen molar-refractivity contribution in [2.24, 2.45) is 0 Å². The molecule has 0 N–H and O–H groups in total. The molecule has 2 aromatic rings. The highest BCUT2D eigenvalue weighted by Gasteiger charge is 2.13. The van der Waals surface area contributed by atoms with Gasteiger partial charge in [0, 0.05) is 23.2 Å². The Kier molecular flexibility index (Phi) is 4.22. The van der Waals surface area contributed by atoms with Gasteiger partial charge in [0.2, 0.25) is 0 Å². The molecule has 1 aromatic carbocycles. The SMILES string of the molecule is CC(=O)c1cc(F)ccc1N(C)Cc1ccc(Cl)s1. The van der Waals surface area contributed by atoms with Gasteiger partial charge in [0.25, 0.3) is 0 Å². The monoisotopic (exact) mass is 297 g/mol. The Labute approximate surface area is 120 Å². The van der Waals surface area contributed by atoms with Crippen molar-refractivity contribution in [3.05, 3.63) is 50.9 Å². The maximum Gasteiger partial charge on any atom is 0.161 e. The van der Waals surface area contributed by atoms with Gasteiger partial charge >= 0.3 is 0 Å². The van der Waals surface area contributed by atoms with Crippen LogP contribution >= 0.6 is 22.9 Å². The number of halogens is 2. The Morgan fingerprint density at radius 3 is 2.68 bits per heavy atom. The first-order valence-electron chi connectivity index (χ1n) is 5.73. The van der Waals surface area contributed by atoms with E-state index < -0.39 is 5.82 Å². The summed E-state index contributed by atoms with van der Waals surface area (Å²) in [5.74, 6) is -0.549. The van der Waals surface area contributed by atoms with Crippen molar-refractivity contribution in [3.8, 4) is 0 Å². The van der Waals surface area contributed by atoms with Crippen LogP contribution in [0, 0.1) is 5.82 Å². The summed E-state index contributed by atoms with van der Waals surface area (Å²) in [6, 6.07) is 8.04. The zero-order valence-electron chi connectivity index (χ0n) is 10.6. The summed E-state index contributed by atoms with van der Waals surface area (Å²) in [5.41, 5.74) is 1.11. The average molecular weight is 298 g/mol. The second kappa shape index (κ2) is 5.72. The highest BCUT2D eigenvalue weighted by atomic mass is 35.5. The van der Waals surface area contributed by atoms with E-state index in [1.807, 2.05) is 24.1 Å². The van der Waals surface area contributed by atoms with Crippen molar-refractivity contribution >= 4 is 34.4 Å². The summed E-state index contributed by atoms with van der Waals surface area (Å²) in [6.45, 7) is 2.07. The molecule has 0 atom stereocenters. The van der Waals surface area contributed by atoms with Gasteiger partial charge in [0.15, 0.2) is 5.78 Å². The first-order chi connectivity index (χ1) is 8.97. The number of ketones is 1. The first kappa shape index (κ1) is 14.0. The number of carbonyl (C=O) groups excluding carboxylic acids is 1. The summed E-state index contributed by atoms with van der Waals surface area (Å²) >= 11 is 7.38. The number of nitrogens with zero attached hydrogens (tertiary/aromatic N) is 1. The predicted molar refractivity (Wildman–Crippen MR) is 77.8 cm³/mol. The number of hydrogen-bond acceptors (Lipinski definition) is 3. The maximum atomic E-state index is 13.2. The smallest absolute Gasteiger partial charge is 0.161 e. The van der Waals surface area contributed by atoms with Crippen molar-refractivity contribution in [3.63, 3.8) is 0 Å². The number of anilines is 1. The third-order valence-corrected chi connectivity index (χ3v) is 3.99. The molecule has 0 bridgehead atoms. The molecule has 0 unspecified atom stereocenters. The lowest BCUT2D eigenvalue weighted by Crippen LogP contribution is -2.18. The van der Waals surface area contributed by atoms with Gasteiger partial charge in [-0.25, -0.2) is 4.39 Å². The highest BCUT2D eigenvalue weighted by molar-refractivity contribution is 7.16. The average Bonchev–Trinajstić information content (AvgIpc) is 2.74. The summed E-state index contributed by atoms with van der Waals surface area (Å²) < 4.78 is 13.9. The third kappa shape index (κ3) is 3.33. The normalized spacial score (nSPS) is 10.5. The molecule has 0 saturated heterocycles. The fourth-order valence-electron chi connectivity index (χ4n) is 1.88. The van der Waals surface area contributed by atoms with Gasteiger partial charge in [-0.05, 0) is 37.3 Å². The molecule has 0 amide bonds. The van der Waals surface area contributed by atoms with Gasteiger partial charge in [-0.1, -0.05) is 11.6 Å². The molecule has 1 heterocycles. The molecular weight excluding hydrogens is 285 g/mol. The van der Waals surface area contributed by atoms with Gasteiger partial charge in [-0.3, -0.25) is 4.79 Å². The predicted octanol–water partition coefficient (Wildman–Crippen LogP) is 4.38. The number of Topliss-reactive ketones (excluding diaryl/α,β-unsaturated/α-hetero) is 1. The van der Waals surface area contributed by atoms with E-state index in [9.17, 15) is 9.18 Å². The van der Waals surface area contributed by atoms with Gasteiger partial charge < -0.3 is 4.90 Å². The molecule has 0 fully saturated rings. The Bertz CT molecular complexity index is 611. The van der Waals surface area contributed by atoms with Crippen LogP contribution in [0.3, 0.4) is 0 Å². The quantitative estimate of drug-likeness (QED) is 0.781. The highest BCUT2D eigenvalue weighted by Crippen LogP contribution is 2.26. The minimum atomic E-state index is -0.401. The molecule has 19 heavy (non-hydrogen) atoms. The summed E-state index contributed by atoms with van der Waals surface area (Å²) in [5, 5.41) is 0. The second-order valence-corrected chi connectivity index (χ2v) is 6.08. The lowest BCUT2D eigenvalue weighted by atomic mass is 10.1. The van der Waals surface area contributed by atoms with E-state index in [2.05, 4.69) is 0 Å². The molecule has 0 aliphatic rings. The molecule has 0 radical (unpaired) electrons. The van der Waals surface area contributed by atoms with Crippen LogP contribution < -0.4 is 4.90 Å². The Morgan fingerprint density at radius 1 is 1.37 bits per heavy atom. The van der Waals surface area contributed by atoms with Gasteiger partial charge in [0.05, 0.1) is 10.9 Å². The van der Waals surface area contributed by atoms with Crippen LogP contribution in [0.4, 0.5) is 10.1 Å². The minimum absolute atomic E-state index is 0.148. The van der Waals surface area contributed by atoms with Gasteiger partial charge in [-0.2, -0.15) is 0 Å². The third-order valence-electron chi connectivity index (χ3n) is 2.77. The number of thiophene rings is 1. The van der Waals surface area contributed by atoms with E-state index in [1.165, 1.54) is 30.4 Å². The Morgan fingerprint density at radius 2 is 2.11 bits per heavy atom. The van der Waals surface area contributed by atoms with Crippen LogP contribution in [-0.4, -0.2) is 12.8 Å². The lowest BCUT2D eigenvalue weighted by Gasteiger charge is -2.21. The van der Waals surface area contributed by atoms with Crippen LogP contribution in [0.25, 0.3) is 0 Å². The fourth-order valence-corrected chi connectivity index (χ4v) is 3.02. The summed E-state index contributed by atoms with van der Waals surface area (Å²) in [7, 11) is 1.87. The molecule has 1 aromatic heterocycles. The van der Waals surface area contributed by atoms with Crippen molar-refractivity contribution in [2.45, 2.75) is 13.5 Å². The maximum absolute atomic E-state index is 13.2. The Balaban J connectivity index is 2.28. The molecule has 0 spiro atoms. The molecule has 0 aliphatic heterocycles. The molecule has 2 nitrogen and oxygen atoms in total. The summed E-state index contributed by atoms with van der Waals surface area (Å²) in [6.07, 6.45) is 0.